The van der Waals surface area contributed by atoms with Crippen LogP contribution in [0.3, 0.4) is 0 Å². The van der Waals surface area contributed by atoms with Gasteiger partial charge in [-0.1, -0.05) is 55.2 Å². The molecule has 0 amide bonds. The van der Waals surface area contributed by atoms with Gasteiger partial charge in [-0.2, -0.15) is 0 Å². The number of fused-ring (bicyclic) bond motifs is 3. The largest absolute Gasteiger partial charge is 0.136 e. The van der Waals surface area contributed by atoms with Gasteiger partial charge in [0.1, 0.15) is 0 Å². The lowest BCUT2D eigenvalue weighted by Crippen LogP contribution is -1.82. The molecule has 0 radical (unpaired) electrons. The molecule has 0 fully saturated rings. The first-order chi connectivity index (χ1) is 8.84. The van der Waals surface area contributed by atoms with Crippen molar-refractivity contribution in [3.63, 3.8) is 0 Å². The Morgan fingerprint density at radius 3 is 2.83 bits per heavy atom. The Bertz CT molecular complexity index is 681. The lowest BCUT2D eigenvalue weighted by Gasteiger charge is -1.99. The molecule has 0 spiro atoms. The van der Waals surface area contributed by atoms with E-state index in [0.29, 0.717) is 0 Å². The maximum absolute atomic E-state index is 4.01. The van der Waals surface area contributed by atoms with Crippen molar-refractivity contribution in [2.24, 2.45) is 0 Å². The third kappa shape index (κ3) is 2.09. The summed E-state index contributed by atoms with van der Waals surface area (Å²) in [5.74, 6) is 0. The van der Waals surface area contributed by atoms with Gasteiger partial charge in [0.15, 0.2) is 0 Å². The minimum absolute atomic E-state index is 0.987. The fourth-order valence-corrected chi connectivity index (χ4v) is 3.28. The molecule has 0 nitrogen and oxygen atoms in total. The van der Waals surface area contributed by atoms with Crippen LogP contribution in [-0.4, -0.2) is 0 Å². The highest BCUT2D eigenvalue weighted by Crippen LogP contribution is 2.33. The van der Waals surface area contributed by atoms with Gasteiger partial charge in [0.05, 0.1) is 0 Å². The number of rotatable bonds is 0. The zero-order valence-corrected chi connectivity index (χ0v) is 10.9. The molecular weight excluding hydrogens is 236 g/mol. The minimum Gasteiger partial charge on any atom is -0.136 e. The van der Waals surface area contributed by atoms with Crippen LogP contribution in [-0.2, 0) is 6.42 Å². The summed E-state index contributed by atoms with van der Waals surface area (Å²) in [6.07, 6.45) is 13.6. The first kappa shape index (κ1) is 11.2. The van der Waals surface area contributed by atoms with Crippen molar-refractivity contribution in [1.82, 2.24) is 0 Å². The molecular formula is C17H14S. The van der Waals surface area contributed by atoms with E-state index in [9.17, 15) is 0 Å². The molecule has 18 heavy (non-hydrogen) atoms. The Hall–Kier alpha value is -1.86. The van der Waals surface area contributed by atoms with Gasteiger partial charge in [-0.15, -0.1) is 11.3 Å². The lowest BCUT2D eigenvalue weighted by atomic mass is 10.1. The van der Waals surface area contributed by atoms with E-state index >= 15 is 0 Å². The second-order valence-electron chi connectivity index (χ2n) is 4.34. The maximum Gasteiger partial charge on any atom is 0.0352 e. The fraction of sp³-hybridized carbons (Fsp3) is 0.0588. The van der Waals surface area contributed by atoms with Crippen molar-refractivity contribution in [2.75, 3.05) is 0 Å². The molecule has 0 N–H and O–H groups in total. The van der Waals surface area contributed by atoms with Crippen LogP contribution in [0.15, 0.2) is 66.8 Å². The van der Waals surface area contributed by atoms with E-state index in [2.05, 4.69) is 55.1 Å². The predicted molar refractivity (Wildman–Crippen MR) is 82.0 cm³/mol. The van der Waals surface area contributed by atoms with E-state index in [1.54, 1.807) is 0 Å². The van der Waals surface area contributed by atoms with Crippen LogP contribution in [0, 0.1) is 0 Å². The van der Waals surface area contributed by atoms with Crippen molar-refractivity contribution >= 4 is 27.5 Å². The Labute approximate surface area is 111 Å². The normalized spacial score (nSPS) is 20.3. The Morgan fingerprint density at radius 2 is 1.89 bits per heavy atom. The highest BCUT2D eigenvalue weighted by Gasteiger charge is 2.08. The molecule has 88 valence electrons. The Morgan fingerprint density at radius 1 is 1.00 bits per heavy atom. The number of allylic oxidation sites excluding steroid dienone is 6. The second-order valence-corrected chi connectivity index (χ2v) is 5.42. The first-order valence-corrected chi connectivity index (χ1v) is 6.87. The molecule has 0 saturated heterocycles. The van der Waals surface area contributed by atoms with Crippen molar-refractivity contribution in [3.8, 4) is 0 Å². The van der Waals surface area contributed by atoms with Gasteiger partial charge in [0.25, 0.3) is 0 Å². The van der Waals surface area contributed by atoms with Gasteiger partial charge in [0, 0.05) is 9.58 Å². The van der Waals surface area contributed by atoms with Crippen LogP contribution < -0.4 is 0 Å². The van der Waals surface area contributed by atoms with Crippen LogP contribution >= 0.6 is 11.3 Å². The zero-order chi connectivity index (χ0) is 12.4. The summed E-state index contributed by atoms with van der Waals surface area (Å²) in [6.45, 7) is 4.01. The summed E-state index contributed by atoms with van der Waals surface area (Å²) in [5.41, 5.74) is 2.45. The summed E-state index contributed by atoms with van der Waals surface area (Å²) in [4.78, 5) is 1.34. The van der Waals surface area contributed by atoms with E-state index in [1.807, 2.05) is 23.5 Å². The highest BCUT2D eigenvalue weighted by molar-refractivity contribution is 7.20. The number of hydrogen-bond acceptors (Lipinski definition) is 1. The van der Waals surface area contributed by atoms with Crippen LogP contribution in [0.1, 0.15) is 10.4 Å². The van der Waals surface area contributed by atoms with Gasteiger partial charge in [-0.05, 0) is 35.1 Å². The van der Waals surface area contributed by atoms with E-state index in [4.69, 9.17) is 0 Å². The van der Waals surface area contributed by atoms with Crippen molar-refractivity contribution in [2.45, 2.75) is 6.42 Å². The highest BCUT2D eigenvalue weighted by atomic mass is 32.1. The third-order valence-corrected chi connectivity index (χ3v) is 4.24. The first-order valence-electron chi connectivity index (χ1n) is 6.05. The van der Waals surface area contributed by atoms with Crippen molar-refractivity contribution in [1.29, 1.82) is 0 Å². The quantitative estimate of drug-likeness (QED) is 0.607. The molecule has 3 rings (SSSR count). The monoisotopic (exact) mass is 250 g/mol. The molecule has 0 aliphatic heterocycles. The fourth-order valence-electron chi connectivity index (χ4n) is 2.14. The van der Waals surface area contributed by atoms with Gasteiger partial charge < -0.3 is 0 Å². The standard InChI is InChI=1S/C17H14S/c1-13-7-3-2-4-8-15-14-9-5-6-10-16(14)18-17(15)12-11-13/h2-7,9-12H,1,8H2/b4-2-,7-3-,12-11-. The molecule has 1 aliphatic rings. The molecule has 1 aromatic heterocycles. The van der Waals surface area contributed by atoms with Crippen molar-refractivity contribution in [3.05, 3.63) is 77.2 Å². The molecule has 1 aliphatic carbocycles. The van der Waals surface area contributed by atoms with E-state index < -0.39 is 0 Å². The number of thiophene rings is 1. The van der Waals surface area contributed by atoms with Crippen LogP contribution in [0.2, 0.25) is 0 Å². The van der Waals surface area contributed by atoms with Gasteiger partial charge in [0.2, 0.25) is 0 Å². The van der Waals surface area contributed by atoms with Gasteiger partial charge >= 0.3 is 0 Å². The topological polar surface area (TPSA) is 0 Å². The van der Waals surface area contributed by atoms with Gasteiger partial charge in [-0.25, -0.2) is 0 Å². The van der Waals surface area contributed by atoms with E-state index in [0.717, 1.165) is 12.0 Å². The molecule has 1 aromatic carbocycles. The summed E-state index contributed by atoms with van der Waals surface area (Å²) in [7, 11) is 0. The Balaban J connectivity index is 2.20. The molecule has 0 bridgehead atoms. The molecule has 1 heterocycles. The number of benzene rings is 1. The van der Waals surface area contributed by atoms with E-state index in [-0.39, 0.29) is 0 Å². The summed E-state index contributed by atoms with van der Waals surface area (Å²) in [6, 6.07) is 8.62. The summed E-state index contributed by atoms with van der Waals surface area (Å²) < 4.78 is 1.36. The predicted octanol–water partition coefficient (Wildman–Crippen LogP) is 5.14. The summed E-state index contributed by atoms with van der Waals surface area (Å²) >= 11 is 1.85. The molecule has 1 heteroatoms. The SMILES string of the molecule is C=C1/C=C\C=C/Cc2c(sc3ccccc23)/C=C\1. The average molecular weight is 250 g/mol. The smallest absolute Gasteiger partial charge is 0.0352 e. The molecule has 0 atom stereocenters. The maximum atomic E-state index is 4.01. The second kappa shape index (κ2) is 4.79. The minimum atomic E-state index is 0.987. The zero-order valence-electron chi connectivity index (χ0n) is 10.1. The van der Waals surface area contributed by atoms with E-state index in [1.165, 1.54) is 20.5 Å². The molecule has 0 unspecified atom stereocenters. The molecule has 0 saturated carbocycles. The van der Waals surface area contributed by atoms with Crippen LogP contribution in [0.4, 0.5) is 0 Å². The molecule has 2 aromatic rings. The van der Waals surface area contributed by atoms with Crippen LogP contribution in [0.25, 0.3) is 16.2 Å². The van der Waals surface area contributed by atoms with Crippen molar-refractivity contribution < 1.29 is 0 Å². The van der Waals surface area contributed by atoms with Crippen LogP contribution in [0.5, 0.6) is 0 Å². The summed E-state index contributed by atoms with van der Waals surface area (Å²) in [5, 5.41) is 1.38. The third-order valence-electron chi connectivity index (χ3n) is 3.06. The van der Waals surface area contributed by atoms with Gasteiger partial charge in [-0.3, -0.25) is 0 Å². The average Bonchev–Trinajstić information content (AvgIpc) is 2.74. The lowest BCUT2D eigenvalue weighted by molar-refractivity contribution is 1.31. The number of hydrogen-bond donors (Lipinski definition) is 0. The Kier molecular flexibility index (Phi) is 2.99.